The van der Waals surface area contributed by atoms with Gasteiger partial charge in [0, 0.05) is 17.7 Å². The summed E-state index contributed by atoms with van der Waals surface area (Å²) in [6, 6.07) is 13.1. The fourth-order valence-electron chi connectivity index (χ4n) is 5.68. The summed E-state index contributed by atoms with van der Waals surface area (Å²) in [5, 5.41) is 17.9. The van der Waals surface area contributed by atoms with Gasteiger partial charge >= 0.3 is 6.16 Å². The fourth-order valence-corrected chi connectivity index (χ4v) is 5.68. The zero-order chi connectivity index (χ0) is 29.6. The number of rotatable bonds is 3. The summed E-state index contributed by atoms with van der Waals surface area (Å²) in [6.07, 6.45) is 2.60. The number of oxazole rings is 1. The molecule has 0 radical (unpaired) electrons. The Labute approximate surface area is 242 Å². The molecule has 3 N–H and O–H groups in total. The van der Waals surface area contributed by atoms with Gasteiger partial charge in [-0.2, -0.15) is 0 Å². The molecule has 2 bridgehead atoms. The van der Waals surface area contributed by atoms with Gasteiger partial charge in [0.05, 0.1) is 7.11 Å². The van der Waals surface area contributed by atoms with Crippen molar-refractivity contribution in [1.82, 2.24) is 10.3 Å². The Hall–Kier alpha value is -4.80. The van der Waals surface area contributed by atoms with E-state index in [0.29, 0.717) is 17.9 Å². The summed E-state index contributed by atoms with van der Waals surface area (Å²) in [7, 11) is 1.21. The van der Waals surface area contributed by atoms with E-state index >= 15 is 0 Å². The van der Waals surface area contributed by atoms with Gasteiger partial charge in [-0.25, -0.2) is 14.8 Å². The molecule has 1 amide bonds. The highest BCUT2D eigenvalue weighted by atomic mass is 16.7. The van der Waals surface area contributed by atoms with E-state index in [1.54, 1.807) is 0 Å². The van der Waals surface area contributed by atoms with E-state index in [0.717, 1.165) is 22.4 Å². The van der Waals surface area contributed by atoms with Crippen molar-refractivity contribution in [2.45, 2.75) is 57.9 Å². The van der Waals surface area contributed by atoms with Crippen LogP contribution >= 0.6 is 0 Å². The Kier molecular flexibility index (Phi) is 6.67. The lowest BCUT2D eigenvalue weighted by Gasteiger charge is -2.30. The zero-order valence-electron chi connectivity index (χ0n) is 23.8. The number of aromatic nitrogens is 1. The first kappa shape index (κ1) is 27.4. The molecule has 4 heterocycles. The largest absolute Gasteiger partial charge is 0.508 e. The Morgan fingerprint density at radius 3 is 2.74 bits per heavy atom. The molecule has 3 aliphatic rings. The molecule has 3 atom stereocenters. The average molecular weight is 573 g/mol. The molecule has 1 aromatic heterocycles. The van der Waals surface area contributed by atoms with E-state index in [9.17, 15) is 14.7 Å². The molecule has 218 valence electrons. The molecule has 2 aromatic carbocycles. The number of ether oxygens (including phenoxy) is 3. The number of aliphatic hydroxyl groups is 1. The van der Waals surface area contributed by atoms with Gasteiger partial charge < -0.3 is 34.4 Å². The molecule has 0 aliphatic carbocycles. The van der Waals surface area contributed by atoms with Crippen LogP contribution in [0, 0.1) is 5.41 Å². The van der Waals surface area contributed by atoms with Crippen molar-refractivity contribution in [3.63, 3.8) is 0 Å². The van der Waals surface area contributed by atoms with Crippen LogP contribution in [0.5, 0.6) is 5.75 Å². The number of hydrogen-bond acceptors (Lipinski definition) is 9. The van der Waals surface area contributed by atoms with Crippen molar-refractivity contribution in [1.29, 1.82) is 0 Å². The molecule has 11 nitrogen and oxygen atoms in total. The highest BCUT2D eigenvalue weighted by molar-refractivity contribution is 5.91. The summed E-state index contributed by atoms with van der Waals surface area (Å²) in [5.74, 6) is 0.268. The average Bonchev–Trinajstić information content (AvgIpc) is 3.63. The molecule has 0 fully saturated rings. The highest BCUT2D eigenvalue weighted by Crippen LogP contribution is 2.55. The molecular weight excluding hydrogens is 540 g/mol. The third-order valence-corrected chi connectivity index (χ3v) is 7.75. The number of anilines is 1. The lowest BCUT2D eigenvalue weighted by atomic mass is 9.74. The number of amides is 1. The summed E-state index contributed by atoms with van der Waals surface area (Å²) >= 11 is 0. The van der Waals surface area contributed by atoms with Crippen molar-refractivity contribution in [3.05, 3.63) is 83.1 Å². The Balaban J connectivity index is 1.58. The number of methoxy groups -OCH3 is 1. The molecule has 6 rings (SSSR count). The molecule has 3 aliphatic heterocycles. The second-order valence-corrected chi connectivity index (χ2v) is 11.6. The number of aliphatic hydroxyl groups excluding tert-OH is 1. The first-order valence-electron chi connectivity index (χ1n) is 13.7. The van der Waals surface area contributed by atoms with E-state index in [4.69, 9.17) is 13.9 Å². The van der Waals surface area contributed by atoms with Crippen LogP contribution in [0.25, 0.3) is 5.70 Å². The van der Waals surface area contributed by atoms with Gasteiger partial charge in [-0.1, -0.05) is 51.1 Å². The van der Waals surface area contributed by atoms with Crippen molar-refractivity contribution in [3.8, 4) is 5.75 Å². The fraction of sp³-hybridized carbons (Fsp3) is 0.355. The topological polar surface area (TPSA) is 145 Å². The van der Waals surface area contributed by atoms with Gasteiger partial charge in [-0.3, -0.25) is 4.79 Å². The van der Waals surface area contributed by atoms with Crippen LogP contribution in [0.3, 0.4) is 0 Å². The predicted molar refractivity (Wildman–Crippen MR) is 153 cm³/mol. The Morgan fingerprint density at radius 2 is 1.95 bits per heavy atom. The zero-order valence-corrected chi connectivity index (χ0v) is 23.8. The highest BCUT2D eigenvalue weighted by Gasteiger charge is 2.55. The number of aryl methyl sites for hydroxylation is 1. The minimum absolute atomic E-state index is 0.0842. The molecule has 0 saturated carbocycles. The first-order valence-corrected chi connectivity index (χ1v) is 13.7. The molecule has 42 heavy (non-hydrogen) atoms. The second kappa shape index (κ2) is 10.2. The maximum atomic E-state index is 13.1. The number of aliphatic imine (C=N–C) groups is 1. The number of carbonyl (C=O) groups excluding carboxylic acids is 2. The first-order chi connectivity index (χ1) is 20.1. The van der Waals surface area contributed by atoms with Crippen LogP contribution in [0.4, 0.5) is 10.5 Å². The van der Waals surface area contributed by atoms with Crippen molar-refractivity contribution in [2.24, 2.45) is 10.4 Å². The van der Waals surface area contributed by atoms with Crippen LogP contribution in [0.2, 0.25) is 0 Å². The van der Waals surface area contributed by atoms with Gasteiger partial charge in [0.15, 0.2) is 6.23 Å². The number of benzene rings is 2. The van der Waals surface area contributed by atoms with Gasteiger partial charge in [0.25, 0.3) is 0 Å². The van der Waals surface area contributed by atoms with Gasteiger partial charge in [-0.15, -0.1) is 0 Å². The predicted octanol–water partition coefficient (Wildman–Crippen LogP) is 4.86. The van der Waals surface area contributed by atoms with Gasteiger partial charge in [0.1, 0.15) is 41.5 Å². The van der Waals surface area contributed by atoms with Crippen LogP contribution in [0.15, 0.2) is 64.2 Å². The number of hydrogen-bond donors (Lipinski definition) is 3. The van der Waals surface area contributed by atoms with E-state index < -0.39 is 29.3 Å². The lowest BCUT2D eigenvalue weighted by molar-refractivity contribution is -0.122. The number of nitrogens with zero attached hydrogens (tertiary/aromatic N) is 2. The maximum Gasteiger partial charge on any atom is 0.508 e. The molecule has 1 spiro atoms. The van der Waals surface area contributed by atoms with Crippen molar-refractivity contribution in [2.75, 3.05) is 12.4 Å². The van der Waals surface area contributed by atoms with Gasteiger partial charge in [0.2, 0.25) is 17.7 Å². The monoisotopic (exact) mass is 572 g/mol. The van der Waals surface area contributed by atoms with Crippen LogP contribution in [-0.4, -0.2) is 47.4 Å². The van der Waals surface area contributed by atoms with Crippen LogP contribution in [-0.2, 0) is 32.7 Å². The summed E-state index contributed by atoms with van der Waals surface area (Å²) in [6.45, 7) is 5.53. The number of nitrogens with one attached hydrogen (secondary N) is 2. The van der Waals surface area contributed by atoms with E-state index in [1.807, 2.05) is 63.2 Å². The molecular formula is C31H32N4O7. The standard InChI is InChI=1S/C31H32N4O7/c1-30(2,3)25-26(37)33-22(27-32-18(15-40-27)16-41-29(38)39-4)14-31-19-7-5-6-8-21(19)34-28(31)42-23-11-9-17(13-20(23)31)10-12-24(36)35-25/h5-9,11,13-15,25,28,34H,10,12,16H2,1-4H3,(H,33,37)(H,35,36)/b22-14+. The number of para-hydroxylation sites is 1. The van der Waals surface area contributed by atoms with Crippen LogP contribution in [0.1, 0.15) is 55.5 Å². The smallest absolute Gasteiger partial charge is 0.495 e. The molecule has 3 unspecified atom stereocenters. The molecule has 0 saturated heterocycles. The molecule has 3 aromatic rings. The number of fused-ring (bicyclic) bond motifs is 2. The molecule has 11 heteroatoms. The Morgan fingerprint density at radius 1 is 1.14 bits per heavy atom. The summed E-state index contributed by atoms with van der Waals surface area (Å²) in [5.41, 5.74) is 2.80. The van der Waals surface area contributed by atoms with Gasteiger partial charge in [-0.05, 0) is 41.2 Å². The normalized spacial score (nSPS) is 25.4. The minimum Gasteiger partial charge on any atom is -0.495 e. The third kappa shape index (κ3) is 4.74. The Bertz CT molecular complexity index is 1620. The number of carbonyl (C=O) groups is 2. The van der Waals surface area contributed by atoms with E-state index in [2.05, 4.69) is 31.4 Å². The van der Waals surface area contributed by atoms with Crippen molar-refractivity contribution < 1.29 is 33.3 Å². The lowest BCUT2D eigenvalue weighted by Crippen LogP contribution is -2.49. The summed E-state index contributed by atoms with van der Waals surface area (Å²) < 4.78 is 21.8. The van der Waals surface area contributed by atoms with Crippen LogP contribution < -0.4 is 15.4 Å². The maximum absolute atomic E-state index is 13.1. The second-order valence-electron chi connectivity index (χ2n) is 11.6. The van der Waals surface area contributed by atoms with E-state index in [-0.39, 0.29) is 36.4 Å². The summed E-state index contributed by atoms with van der Waals surface area (Å²) in [4.78, 5) is 33.8. The third-order valence-electron chi connectivity index (χ3n) is 7.75. The SMILES string of the molecule is COC(=O)OCc1coc(C2=C\C34c5ccccc5NC3Oc3ccc(cc34)CCC(=O)NC(C(C)(C)C)\C(O)=N\2)n1. The van der Waals surface area contributed by atoms with Crippen molar-refractivity contribution >= 4 is 29.3 Å². The quantitative estimate of drug-likeness (QED) is 0.375. The minimum atomic E-state index is -0.874. The van der Waals surface area contributed by atoms with E-state index in [1.165, 1.54) is 13.4 Å².